The Hall–Kier alpha value is -3.41. The Morgan fingerprint density at radius 1 is 1.03 bits per heavy atom. The van der Waals surface area contributed by atoms with Crippen LogP contribution in [0.25, 0.3) is 16.9 Å². The average Bonchev–Trinajstić information content (AvgIpc) is 3.18. The van der Waals surface area contributed by atoms with Gasteiger partial charge in [-0.1, -0.05) is 69.3 Å². The first-order valence-electron chi connectivity index (χ1n) is 10.8. The van der Waals surface area contributed by atoms with Crippen molar-refractivity contribution in [1.82, 2.24) is 14.7 Å². The molecule has 0 aliphatic carbocycles. The van der Waals surface area contributed by atoms with E-state index in [1.807, 2.05) is 87.5 Å². The van der Waals surface area contributed by atoms with E-state index >= 15 is 0 Å². The van der Waals surface area contributed by atoms with Gasteiger partial charge in [-0.05, 0) is 24.5 Å². The van der Waals surface area contributed by atoms with Gasteiger partial charge in [-0.25, -0.2) is 4.68 Å². The van der Waals surface area contributed by atoms with E-state index < -0.39 is 0 Å². The molecule has 0 saturated carbocycles. The zero-order valence-corrected chi connectivity index (χ0v) is 18.4. The Bertz CT molecular complexity index is 997. The fraction of sp³-hybridized carbons (Fsp3) is 0.320. The number of para-hydroxylation sites is 1. The van der Waals surface area contributed by atoms with E-state index in [0.717, 1.165) is 23.4 Å². The molecule has 6 heteroatoms. The summed E-state index contributed by atoms with van der Waals surface area (Å²) in [5, 5.41) is 7.68. The van der Waals surface area contributed by atoms with Crippen LogP contribution in [0.1, 0.15) is 33.6 Å². The lowest BCUT2D eigenvalue weighted by atomic mass is 10.1. The van der Waals surface area contributed by atoms with Crippen LogP contribution >= 0.6 is 0 Å². The van der Waals surface area contributed by atoms with Gasteiger partial charge in [0.2, 0.25) is 11.8 Å². The van der Waals surface area contributed by atoms with Gasteiger partial charge in [0.25, 0.3) is 0 Å². The van der Waals surface area contributed by atoms with Gasteiger partial charge in [-0.2, -0.15) is 5.10 Å². The third-order valence-corrected chi connectivity index (χ3v) is 4.78. The van der Waals surface area contributed by atoms with Crippen LogP contribution in [0.15, 0.2) is 66.7 Å². The Morgan fingerprint density at radius 2 is 1.68 bits per heavy atom. The SMILES string of the molecule is CCCC(=O)N(CC(=O)Nc1cc(-c2ccccc2)nn1-c1ccccc1)CC(C)C. The van der Waals surface area contributed by atoms with Gasteiger partial charge in [0, 0.05) is 24.6 Å². The number of carbonyl (C=O) groups excluding carboxylic acids is 2. The summed E-state index contributed by atoms with van der Waals surface area (Å²) in [5.41, 5.74) is 2.58. The van der Waals surface area contributed by atoms with Gasteiger partial charge in [0.15, 0.2) is 0 Å². The number of benzene rings is 2. The monoisotopic (exact) mass is 418 g/mol. The van der Waals surface area contributed by atoms with Gasteiger partial charge in [-0.15, -0.1) is 0 Å². The Kier molecular flexibility index (Phi) is 7.60. The fourth-order valence-corrected chi connectivity index (χ4v) is 3.41. The number of carbonyl (C=O) groups is 2. The van der Waals surface area contributed by atoms with Crippen molar-refractivity contribution in [3.63, 3.8) is 0 Å². The van der Waals surface area contributed by atoms with E-state index in [-0.39, 0.29) is 24.3 Å². The molecule has 3 rings (SSSR count). The van der Waals surface area contributed by atoms with Crippen LogP contribution in [0.2, 0.25) is 0 Å². The van der Waals surface area contributed by atoms with E-state index in [0.29, 0.717) is 18.8 Å². The number of nitrogens with zero attached hydrogens (tertiary/aromatic N) is 3. The average molecular weight is 419 g/mol. The van der Waals surface area contributed by atoms with Crippen molar-refractivity contribution in [1.29, 1.82) is 0 Å². The van der Waals surface area contributed by atoms with Crippen molar-refractivity contribution in [2.75, 3.05) is 18.4 Å². The van der Waals surface area contributed by atoms with Crippen LogP contribution in [0.4, 0.5) is 5.82 Å². The summed E-state index contributed by atoms with van der Waals surface area (Å²) >= 11 is 0. The van der Waals surface area contributed by atoms with E-state index in [2.05, 4.69) is 5.32 Å². The maximum absolute atomic E-state index is 12.9. The van der Waals surface area contributed by atoms with Gasteiger partial charge >= 0.3 is 0 Å². The minimum Gasteiger partial charge on any atom is -0.333 e. The minimum absolute atomic E-state index is 0.00731. The lowest BCUT2D eigenvalue weighted by molar-refractivity contribution is -0.135. The minimum atomic E-state index is -0.234. The van der Waals surface area contributed by atoms with Crippen molar-refractivity contribution in [3.8, 4) is 16.9 Å². The van der Waals surface area contributed by atoms with E-state index in [4.69, 9.17) is 5.10 Å². The van der Waals surface area contributed by atoms with Crippen LogP contribution in [0.5, 0.6) is 0 Å². The number of rotatable bonds is 9. The summed E-state index contributed by atoms with van der Waals surface area (Å²) in [6, 6.07) is 21.4. The Labute approximate surface area is 183 Å². The predicted octanol–water partition coefficient (Wildman–Crippen LogP) is 4.76. The molecule has 2 aromatic carbocycles. The first-order valence-corrected chi connectivity index (χ1v) is 10.8. The molecule has 2 amide bonds. The molecule has 3 aromatic rings. The van der Waals surface area contributed by atoms with Gasteiger partial charge < -0.3 is 10.2 Å². The molecule has 0 aliphatic rings. The first-order chi connectivity index (χ1) is 15.0. The van der Waals surface area contributed by atoms with Gasteiger partial charge in [-0.3, -0.25) is 9.59 Å². The normalized spacial score (nSPS) is 10.8. The first kappa shape index (κ1) is 22.3. The van der Waals surface area contributed by atoms with Crippen molar-refractivity contribution in [2.24, 2.45) is 5.92 Å². The highest BCUT2D eigenvalue weighted by Crippen LogP contribution is 2.24. The fourth-order valence-electron chi connectivity index (χ4n) is 3.41. The molecule has 0 spiro atoms. The smallest absolute Gasteiger partial charge is 0.245 e. The van der Waals surface area contributed by atoms with Crippen LogP contribution in [0, 0.1) is 5.92 Å². The van der Waals surface area contributed by atoms with Crippen molar-refractivity contribution in [3.05, 3.63) is 66.7 Å². The molecular formula is C25H30N4O2. The van der Waals surface area contributed by atoms with Crippen molar-refractivity contribution in [2.45, 2.75) is 33.6 Å². The summed E-state index contributed by atoms with van der Waals surface area (Å²) < 4.78 is 1.72. The third kappa shape index (κ3) is 6.04. The number of hydrogen-bond donors (Lipinski definition) is 1. The second kappa shape index (κ2) is 10.6. The number of nitrogens with one attached hydrogen (secondary N) is 1. The summed E-state index contributed by atoms with van der Waals surface area (Å²) in [4.78, 5) is 27.0. The van der Waals surface area contributed by atoms with Crippen LogP contribution in [-0.4, -0.2) is 39.6 Å². The molecule has 0 bridgehead atoms. The topological polar surface area (TPSA) is 67.2 Å². The molecule has 0 atom stereocenters. The molecule has 1 aromatic heterocycles. The molecule has 0 aliphatic heterocycles. The van der Waals surface area contributed by atoms with Crippen molar-refractivity contribution >= 4 is 17.6 Å². The molecule has 31 heavy (non-hydrogen) atoms. The second-order valence-electron chi connectivity index (χ2n) is 7.99. The number of aromatic nitrogens is 2. The third-order valence-electron chi connectivity index (χ3n) is 4.78. The van der Waals surface area contributed by atoms with Gasteiger partial charge in [0.05, 0.1) is 17.9 Å². The standard InChI is InChI=1S/C25H30N4O2/c1-4-11-25(31)28(17-19(2)3)18-24(30)26-23-16-22(20-12-7-5-8-13-20)27-29(23)21-14-9-6-10-15-21/h5-10,12-16,19H,4,11,17-18H2,1-3H3,(H,26,30). The number of anilines is 1. The van der Waals surface area contributed by atoms with Crippen molar-refractivity contribution < 1.29 is 9.59 Å². The zero-order valence-electron chi connectivity index (χ0n) is 18.4. The van der Waals surface area contributed by atoms with E-state index in [1.165, 1.54) is 0 Å². The highest BCUT2D eigenvalue weighted by atomic mass is 16.2. The predicted molar refractivity (Wildman–Crippen MR) is 124 cm³/mol. The molecule has 162 valence electrons. The summed E-state index contributed by atoms with van der Waals surface area (Å²) in [6.45, 7) is 6.63. The molecule has 1 heterocycles. The highest BCUT2D eigenvalue weighted by Gasteiger charge is 2.19. The largest absolute Gasteiger partial charge is 0.333 e. The second-order valence-corrected chi connectivity index (χ2v) is 7.99. The molecular weight excluding hydrogens is 388 g/mol. The molecule has 1 N–H and O–H groups in total. The van der Waals surface area contributed by atoms with E-state index in [1.54, 1.807) is 9.58 Å². The molecule has 0 saturated heterocycles. The summed E-state index contributed by atoms with van der Waals surface area (Å²) in [5.74, 6) is 0.630. The molecule has 6 nitrogen and oxygen atoms in total. The molecule has 0 fully saturated rings. The number of amides is 2. The lowest BCUT2D eigenvalue weighted by Gasteiger charge is -2.24. The lowest BCUT2D eigenvalue weighted by Crippen LogP contribution is -2.40. The molecule has 0 radical (unpaired) electrons. The van der Waals surface area contributed by atoms with Crippen LogP contribution in [-0.2, 0) is 9.59 Å². The Balaban J connectivity index is 1.86. The number of hydrogen-bond acceptors (Lipinski definition) is 3. The quantitative estimate of drug-likeness (QED) is 0.545. The van der Waals surface area contributed by atoms with Gasteiger partial charge in [0.1, 0.15) is 5.82 Å². The van der Waals surface area contributed by atoms with Crippen LogP contribution in [0.3, 0.4) is 0 Å². The maximum atomic E-state index is 12.9. The zero-order chi connectivity index (χ0) is 22.2. The Morgan fingerprint density at radius 3 is 2.29 bits per heavy atom. The summed E-state index contributed by atoms with van der Waals surface area (Å²) in [6.07, 6.45) is 1.20. The van der Waals surface area contributed by atoms with E-state index in [9.17, 15) is 9.59 Å². The highest BCUT2D eigenvalue weighted by molar-refractivity contribution is 5.94. The molecule has 0 unspecified atom stereocenters. The maximum Gasteiger partial charge on any atom is 0.245 e. The summed E-state index contributed by atoms with van der Waals surface area (Å²) in [7, 11) is 0. The van der Waals surface area contributed by atoms with Crippen LogP contribution < -0.4 is 5.32 Å².